The molecule has 2 fully saturated rings. The minimum absolute atomic E-state index is 0.0811. The van der Waals surface area contributed by atoms with Crippen LogP contribution in [0.15, 0.2) is 0 Å². The lowest BCUT2D eigenvalue weighted by molar-refractivity contribution is -0.137. The summed E-state index contributed by atoms with van der Waals surface area (Å²) in [4.78, 5) is 39.2. The lowest BCUT2D eigenvalue weighted by Crippen LogP contribution is -2.52. The van der Waals surface area contributed by atoms with Gasteiger partial charge in [0.25, 0.3) is 0 Å². The molecule has 0 spiro atoms. The van der Waals surface area contributed by atoms with Gasteiger partial charge in [-0.3, -0.25) is 9.59 Å². The number of primary amides is 1. The highest BCUT2D eigenvalue weighted by Crippen LogP contribution is 2.32. The molecule has 23 heavy (non-hydrogen) atoms. The fourth-order valence-corrected chi connectivity index (χ4v) is 3.16. The van der Waals surface area contributed by atoms with Crippen LogP contribution in [-0.2, 0) is 14.3 Å². The van der Waals surface area contributed by atoms with Crippen LogP contribution in [-0.4, -0.2) is 59.5 Å². The number of hydrogen-bond donors (Lipinski definition) is 1. The monoisotopic (exact) mass is 325 g/mol. The molecule has 7 heteroatoms. The zero-order valence-corrected chi connectivity index (χ0v) is 14.2. The quantitative estimate of drug-likeness (QED) is 0.818. The molecule has 7 nitrogen and oxygen atoms in total. The third kappa shape index (κ3) is 4.59. The van der Waals surface area contributed by atoms with Crippen molar-refractivity contribution in [3.8, 4) is 0 Å². The van der Waals surface area contributed by atoms with Crippen molar-refractivity contribution in [1.29, 1.82) is 0 Å². The number of ether oxygens (including phenoxy) is 1. The Balaban J connectivity index is 1.81. The van der Waals surface area contributed by atoms with Crippen LogP contribution < -0.4 is 5.73 Å². The molecule has 1 heterocycles. The summed E-state index contributed by atoms with van der Waals surface area (Å²) in [5.41, 5.74) is 4.80. The smallest absolute Gasteiger partial charge is 0.410 e. The van der Waals surface area contributed by atoms with Gasteiger partial charge in [-0.15, -0.1) is 0 Å². The number of rotatable bonds is 2. The van der Waals surface area contributed by atoms with Gasteiger partial charge in [-0.2, -0.15) is 0 Å². The molecule has 130 valence electrons. The Morgan fingerprint density at radius 3 is 1.96 bits per heavy atom. The van der Waals surface area contributed by atoms with Crippen LogP contribution in [0.4, 0.5) is 4.79 Å². The number of nitrogens with zero attached hydrogens (tertiary/aromatic N) is 2. The summed E-state index contributed by atoms with van der Waals surface area (Å²) in [7, 11) is 0. The highest BCUT2D eigenvalue weighted by atomic mass is 16.6. The van der Waals surface area contributed by atoms with Crippen LogP contribution in [0.25, 0.3) is 0 Å². The maximum Gasteiger partial charge on any atom is 0.410 e. The van der Waals surface area contributed by atoms with E-state index in [1.165, 1.54) is 0 Å². The zero-order chi connectivity index (χ0) is 17.2. The van der Waals surface area contributed by atoms with E-state index in [1.807, 2.05) is 20.8 Å². The van der Waals surface area contributed by atoms with Gasteiger partial charge in [0.15, 0.2) is 0 Å². The first-order chi connectivity index (χ1) is 10.7. The summed E-state index contributed by atoms with van der Waals surface area (Å²) >= 11 is 0. The number of carbonyl (C=O) groups excluding carboxylic acids is 3. The summed E-state index contributed by atoms with van der Waals surface area (Å²) in [5.74, 6) is -0.514. The van der Waals surface area contributed by atoms with Crippen molar-refractivity contribution in [2.24, 2.45) is 17.6 Å². The highest BCUT2D eigenvalue weighted by Gasteiger charge is 2.36. The maximum atomic E-state index is 12.5. The fourth-order valence-electron chi connectivity index (χ4n) is 3.16. The van der Waals surface area contributed by atoms with Crippen LogP contribution in [0.5, 0.6) is 0 Å². The van der Waals surface area contributed by atoms with Gasteiger partial charge in [0, 0.05) is 38.0 Å². The van der Waals surface area contributed by atoms with E-state index in [1.54, 1.807) is 9.80 Å². The zero-order valence-electron chi connectivity index (χ0n) is 14.2. The summed E-state index contributed by atoms with van der Waals surface area (Å²) in [6.45, 7) is 7.48. The second-order valence-corrected chi connectivity index (χ2v) is 7.40. The van der Waals surface area contributed by atoms with E-state index in [2.05, 4.69) is 0 Å². The predicted molar refractivity (Wildman–Crippen MR) is 84.4 cm³/mol. The van der Waals surface area contributed by atoms with E-state index in [9.17, 15) is 14.4 Å². The second kappa shape index (κ2) is 6.76. The minimum atomic E-state index is -0.516. The summed E-state index contributed by atoms with van der Waals surface area (Å²) in [6, 6.07) is 0. The number of amides is 3. The molecule has 2 aliphatic rings. The second-order valence-electron chi connectivity index (χ2n) is 7.40. The van der Waals surface area contributed by atoms with Crippen LogP contribution >= 0.6 is 0 Å². The Morgan fingerprint density at radius 1 is 0.957 bits per heavy atom. The Hall–Kier alpha value is -1.79. The molecule has 0 bridgehead atoms. The van der Waals surface area contributed by atoms with E-state index in [-0.39, 0.29) is 29.7 Å². The standard InChI is InChI=1S/C16H27N3O4/c1-16(2,3)23-15(22)19-8-6-18(7-9-19)14(21)12-5-4-11(10-12)13(17)20/h11-12H,4-10H2,1-3H3,(H2,17,20). The van der Waals surface area contributed by atoms with E-state index in [4.69, 9.17) is 10.5 Å². The van der Waals surface area contributed by atoms with Crippen LogP contribution in [0, 0.1) is 11.8 Å². The Morgan fingerprint density at radius 2 is 1.48 bits per heavy atom. The molecule has 0 aromatic rings. The SMILES string of the molecule is CC(C)(C)OC(=O)N1CCN(C(=O)C2CCC(C(N)=O)C2)CC1. The van der Waals surface area contributed by atoms with E-state index < -0.39 is 5.60 Å². The van der Waals surface area contributed by atoms with Crippen molar-refractivity contribution < 1.29 is 19.1 Å². The van der Waals surface area contributed by atoms with Crippen molar-refractivity contribution >= 4 is 17.9 Å². The first-order valence-electron chi connectivity index (χ1n) is 8.23. The molecular formula is C16H27N3O4. The Labute approximate surface area is 137 Å². The van der Waals surface area contributed by atoms with Crippen molar-refractivity contribution in [3.05, 3.63) is 0 Å². The summed E-state index contributed by atoms with van der Waals surface area (Å²) in [6.07, 6.45) is 1.64. The van der Waals surface area contributed by atoms with Gasteiger partial charge in [0.2, 0.25) is 11.8 Å². The third-order valence-corrected chi connectivity index (χ3v) is 4.43. The van der Waals surface area contributed by atoms with Crippen molar-refractivity contribution in [2.45, 2.75) is 45.6 Å². The Bertz CT molecular complexity index is 478. The van der Waals surface area contributed by atoms with Gasteiger partial charge in [-0.25, -0.2) is 4.79 Å². The molecule has 2 rings (SSSR count). The highest BCUT2D eigenvalue weighted by molar-refractivity contribution is 5.82. The first-order valence-corrected chi connectivity index (χ1v) is 8.23. The summed E-state index contributed by atoms with van der Waals surface area (Å²) < 4.78 is 5.35. The minimum Gasteiger partial charge on any atom is -0.444 e. The van der Waals surface area contributed by atoms with Gasteiger partial charge in [-0.1, -0.05) is 0 Å². The molecule has 2 atom stereocenters. The van der Waals surface area contributed by atoms with E-state index in [0.717, 1.165) is 6.42 Å². The van der Waals surface area contributed by atoms with Gasteiger partial charge in [0.05, 0.1) is 0 Å². The van der Waals surface area contributed by atoms with Crippen LogP contribution in [0.3, 0.4) is 0 Å². The summed E-state index contributed by atoms with van der Waals surface area (Å²) in [5, 5.41) is 0. The molecule has 1 aliphatic heterocycles. The predicted octanol–water partition coefficient (Wildman–Crippen LogP) is 0.967. The van der Waals surface area contributed by atoms with Gasteiger partial charge in [-0.05, 0) is 40.0 Å². The average Bonchev–Trinajstić information content (AvgIpc) is 2.95. The van der Waals surface area contributed by atoms with Crippen LogP contribution in [0.2, 0.25) is 0 Å². The van der Waals surface area contributed by atoms with Crippen molar-refractivity contribution in [3.63, 3.8) is 0 Å². The lowest BCUT2D eigenvalue weighted by atomic mass is 10.0. The number of hydrogen-bond acceptors (Lipinski definition) is 4. The van der Waals surface area contributed by atoms with Crippen molar-refractivity contribution in [2.75, 3.05) is 26.2 Å². The van der Waals surface area contributed by atoms with Gasteiger partial charge >= 0.3 is 6.09 Å². The topological polar surface area (TPSA) is 92.9 Å². The molecule has 2 unspecified atom stereocenters. The Kier molecular flexibility index (Phi) is 5.16. The van der Waals surface area contributed by atoms with Gasteiger partial charge < -0.3 is 20.3 Å². The molecule has 1 saturated carbocycles. The number of nitrogens with two attached hydrogens (primary N) is 1. The van der Waals surface area contributed by atoms with Crippen molar-refractivity contribution in [1.82, 2.24) is 9.80 Å². The van der Waals surface area contributed by atoms with E-state index in [0.29, 0.717) is 39.0 Å². The van der Waals surface area contributed by atoms with Gasteiger partial charge in [0.1, 0.15) is 5.60 Å². The van der Waals surface area contributed by atoms with Crippen LogP contribution in [0.1, 0.15) is 40.0 Å². The number of carbonyl (C=O) groups is 3. The molecule has 3 amide bonds. The molecule has 1 saturated heterocycles. The molecule has 2 N–H and O–H groups in total. The molecule has 1 aliphatic carbocycles. The maximum absolute atomic E-state index is 12.5. The molecule has 0 aromatic carbocycles. The third-order valence-electron chi connectivity index (χ3n) is 4.43. The molecule has 0 aromatic heterocycles. The lowest BCUT2D eigenvalue weighted by Gasteiger charge is -2.36. The normalized spacial score (nSPS) is 25.3. The van der Waals surface area contributed by atoms with E-state index >= 15 is 0 Å². The molecule has 0 radical (unpaired) electrons. The fraction of sp³-hybridized carbons (Fsp3) is 0.812. The average molecular weight is 325 g/mol. The number of piperazine rings is 1. The molecular weight excluding hydrogens is 298 g/mol. The largest absolute Gasteiger partial charge is 0.444 e. The first kappa shape index (κ1) is 17.6.